The molecule has 2 atom stereocenters. The van der Waals surface area contributed by atoms with Crippen LogP contribution in [0.2, 0.25) is 0 Å². The number of alkyl halides is 3. The zero-order valence-electron chi connectivity index (χ0n) is 9.72. The fourth-order valence-electron chi connectivity index (χ4n) is 2.07. The van der Waals surface area contributed by atoms with Crippen molar-refractivity contribution in [1.82, 2.24) is 9.55 Å². The molecule has 0 saturated heterocycles. The summed E-state index contributed by atoms with van der Waals surface area (Å²) < 4.78 is 40.3. The average molecular weight is 258 g/mol. The number of imidazole rings is 1. The molecule has 0 spiro atoms. The molecule has 98 valence electrons. The second-order valence-electron chi connectivity index (χ2n) is 4.43. The summed E-state index contributed by atoms with van der Waals surface area (Å²) in [4.78, 5) is 3.83. The Morgan fingerprint density at radius 3 is 2.72 bits per heavy atom. The third kappa shape index (κ3) is 2.33. The summed E-state index contributed by atoms with van der Waals surface area (Å²) in [5.74, 6) is -1.90. The lowest BCUT2D eigenvalue weighted by molar-refractivity contribution is -0.200. The summed E-state index contributed by atoms with van der Waals surface area (Å²) in [6, 6.07) is 0. The van der Waals surface area contributed by atoms with E-state index in [9.17, 15) is 18.3 Å². The first-order chi connectivity index (χ1) is 8.33. The summed E-state index contributed by atoms with van der Waals surface area (Å²) >= 11 is 0. The molecule has 0 radical (unpaired) electrons. The monoisotopic (exact) mass is 258 g/mol. The molecule has 3 nitrogen and oxygen atoms in total. The molecule has 0 amide bonds. The minimum absolute atomic E-state index is 0.130. The zero-order valence-corrected chi connectivity index (χ0v) is 9.72. The normalized spacial score (nSPS) is 27.7. The third-order valence-corrected chi connectivity index (χ3v) is 3.07. The van der Waals surface area contributed by atoms with Gasteiger partial charge >= 0.3 is 6.18 Å². The highest BCUT2D eigenvalue weighted by molar-refractivity contribution is 5.25. The van der Waals surface area contributed by atoms with Gasteiger partial charge in [0.1, 0.15) is 11.5 Å². The summed E-state index contributed by atoms with van der Waals surface area (Å²) in [6.45, 7) is 0. The van der Waals surface area contributed by atoms with E-state index in [0.29, 0.717) is 5.69 Å². The van der Waals surface area contributed by atoms with Crippen LogP contribution in [0.15, 0.2) is 36.8 Å². The first-order valence-electron chi connectivity index (χ1n) is 5.43. The Morgan fingerprint density at radius 1 is 1.44 bits per heavy atom. The molecule has 0 fully saturated rings. The fraction of sp³-hybridized carbons (Fsp3) is 0.417. The maximum Gasteiger partial charge on any atom is 0.398 e. The molecule has 6 heteroatoms. The number of rotatable bonds is 2. The Hall–Kier alpha value is -1.56. The van der Waals surface area contributed by atoms with Crippen molar-refractivity contribution in [2.45, 2.75) is 18.2 Å². The van der Waals surface area contributed by atoms with Gasteiger partial charge in [0.25, 0.3) is 0 Å². The van der Waals surface area contributed by atoms with Gasteiger partial charge in [-0.15, -0.1) is 0 Å². The van der Waals surface area contributed by atoms with Crippen molar-refractivity contribution in [3.05, 3.63) is 42.5 Å². The van der Waals surface area contributed by atoms with Gasteiger partial charge in [-0.1, -0.05) is 24.3 Å². The minimum atomic E-state index is -4.48. The molecule has 18 heavy (non-hydrogen) atoms. The lowest BCUT2D eigenvalue weighted by Gasteiger charge is -2.34. The second kappa shape index (κ2) is 4.28. The van der Waals surface area contributed by atoms with Crippen molar-refractivity contribution in [2.24, 2.45) is 13.0 Å². The first-order valence-corrected chi connectivity index (χ1v) is 5.43. The predicted molar refractivity (Wildman–Crippen MR) is 59.7 cm³/mol. The van der Waals surface area contributed by atoms with E-state index in [4.69, 9.17) is 0 Å². The lowest BCUT2D eigenvalue weighted by Crippen LogP contribution is -2.46. The fourth-order valence-corrected chi connectivity index (χ4v) is 2.07. The van der Waals surface area contributed by atoms with Gasteiger partial charge in [-0.25, -0.2) is 4.98 Å². The Labute approximate surface area is 102 Å². The van der Waals surface area contributed by atoms with Crippen molar-refractivity contribution < 1.29 is 18.3 Å². The molecular weight excluding hydrogens is 245 g/mol. The van der Waals surface area contributed by atoms with Crippen LogP contribution in [0, 0.1) is 5.92 Å². The SMILES string of the molecule is Cn1cncc1CC1(O)C=CC=CC1C(F)(F)F. The van der Waals surface area contributed by atoms with Crippen LogP contribution in [0.3, 0.4) is 0 Å². The minimum Gasteiger partial charge on any atom is -0.384 e. The van der Waals surface area contributed by atoms with Crippen molar-refractivity contribution >= 4 is 0 Å². The Morgan fingerprint density at radius 2 is 2.17 bits per heavy atom. The van der Waals surface area contributed by atoms with Crippen LogP contribution in [0.5, 0.6) is 0 Å². The molecule has 2 rings (SSSR count). The van der Waals surface area contributed by atoms with Crippen molar-refractivity contribution in [2.75, 3.05) is 0 Å². The molecule has 0 aromatic carbocycles. The number of nitrogens with zero attached hydrogens (tertiary/aromatic N) is 2. The summed E-state index contributed by atoms with van der Waals surface area (Å²) in [6.07, 6.45) is 3.24. The molecule has 1 aromatic heterocycles. The number of aliphatic hydroxyl groups is 1. The number of allylic oxidation sites excluding steroid dienone is 2. The van der Waals surface area contributed by atoms with Gasteiger partial charge in [0.05, 0.1) is 6.33 Å². The molecule has 2 unspecified atom stereocenters. The van der Waals surface area contributed by atoms with Gasteiger partial charge in [-0.3, -0.25) is 0 Å². The van der Waals surface area contributed by atoms with Gasteiger partial charge in [-0.2, -0.15) is 13.2 Å². The average Bonchev–Trinajstić information content (AvgIpc) is 2.62. The van der Waals surface area contributed by atoms with E-state index in [0.717, 1.165) is 6.08 Å². The van der Waals surface area contributed by atoms with Crippen LogP contribution >= 0.6 is 0 Å². The van der Waals surface area contributed by atoms with Crippen LogP contribution in [0.25, 0.3) is 0 Å². The summed E-state index contributed by atoms with van der Waals surface area (Å²) in [5.41, 5.74) is -1.41. The molecule has 1 aliphatic carbocycles. The van der Waals surface area contributed by atoms with Gasteiger partial charge in [-0.05, 0) is 0 Å². The topological polar surface area (TPSA) is 38.0 Å². The zero-order chi connectivity index (χ0) is 13.4. The highest BCUT2D eigenvalue weighted by Crippen LogP contribution is 2.40. The van der Waals surface area contributed by atoms with Crippen LogP contribution in [0.4, 0.5) is 13.2 Å². The molecule has 1 aliphatic rings. The second-order valence-corrected chi connectivity index (χ2v) is 4.43. The Kier molecular flexibility index (Phi) is 3.06. The van der Waals surface area contributed by atoms with E-state index in [-0.39, 0.29) is 6.42 Å². The predicted octanol–water partition coefficient (Wildman–Crippen LogP) is 2.00. The number of aryl methyl sites for hydroxylation is 1. The highest BCUT2D eigenvalue weighted by atomic mass is 19.4. The van der Waals surface area contributed by atoms with E-state index in [2.05, 4.69) is 4.98 Å². The Balaban J connectivity index is 2.30. The first kappa shape index (κ1) is 12.9. The van der Waals surface area contributed by atoms with E-state index in [1.54, 1.807) is 11.6 Å². The number of aromatic nitrogens is 2. The smallest absolute Gasteiger partial charge is 0.384 e. The van der Waals surface area contributed by atoms with Crippen LogP contribution in [-0.4, -0.2) is 26.4 Å². The maximum absolute atomic E-state index is 12.9. The van der Waals surface area contributed by atoms with Gasteiger partial charge < -0.3 is 9.67 Å². The van der Waals surface area contributed by atoms with Crippen LogP contribution in [-0.2, 0) is 13.5 Å². The molecule has 0 bridgehead atoms. The van der Waals surface area contributed by atoms with E-state index >= 15 is 0 Å². The Bertz CT molecular complexity index is 490. The number of hydrogen-bond donors (Lipinski definition) is 1. The molecule has 0 saturated carbocycles. The summed E-state index contributed by atoms with van der Waals surface area (Å²) in [5, 5.41) is 10.3. The molecular formula is C12H13F3N2O. The van der Waals surface area contributed by atoms with Crippen LogP contribution in [0.1, 0.15) is 5.69 Å². The number of halogens is 3. The highest BCUT2D eigenvalue weighted by Gasteiger charge is 2.51. The van der Waals surface area contributed by atoms with Gasteiger partial charge in [0.15, 0.2) is 0 Å². The molecule has 1 N–H and O–H groups in total. The van der Waals surface area contributed by atoms with Crippen molar-refractivity contribution in [3.8, 4) is 0 Å². The van der Waals surface area contributed by atoms with Crippen molar-refractivity contribution in [3.63, 3.8) is 0 Å². The van der Waals surface area contributed by atoms with E-state index in [1.165, 1.54) is 30.8 Å². The quantitative estimate of drug-likeness (QED) is 0.881. The largest absolute Gasteiger partial charge is 0.398 e. The maximum atomic E-state index is 12.9. The molecule has 1 aromatic rings. The van der Waals surface area contributed by atoms with Crippen LogP contribution < -0.4 is 0 Å². The van der Waals surface area contributed by atoms with Crippen molar-refractivity contribution in [1.29, 1.82) is 0 Å². The lowest BCUT2D eigenvalue weighted by atomic mass is 9.80. The van der Waals surface area contributed by atoms with Gasteiger partial charge in [0.2, 0.25) is 0 Å². The molecule has 1 heterocycles. The van der Waals surface area contributed by atoms with E-state index in [1.807, 2.05) is 0 Å². The van der Waals surface area contributed by atoms with Gasteiger partial charge in [0, 0.05) is 25.4 Å². The van der Waals surface area contributed by atoms with E-state index < -0.39 is 17.7 Å². The third-order valence-electron chi connectivity index (χ3n) is 3.07. The molecule has 0 aliphatic heterocycles. The number of hydrogen-bond acceptors (Lipinski definition) is 2. The summed E-state index contributed by atoms with van der Waals surface area (Å²) in [7, 11) is 1.68. The standard InChI is InChI=1S/C12H13F3N2O/c1-17-8-16-7-9(17)6-11(18)5-3-2-4-10(11)12(13,14)15/h2-5,7-8,10,18H,6H2,1H3.